The summed E-state index contributed by atoms with van der Waals surface area (Å²) in [5, 5.41) is 10.5. The average molecular weight is 323 g/mol. The molecule has 4 N–H and O–H groups in total. The highest BCUT2D eigenvalue weighted by molar-refractivity contribution is 5.84. The molecule has 0 bridgehead atoms. The standard InChI is InChI=1S/C16H29N5O2/c1-16(2,3)23-15(22)20-14-11(10-19-21(14)4)9-18-13-7-5-6-12(17)8-13/h10,12-13,18H,5-9,17H2,1-4H3,(H,20,22). The van der Waals surface area contributed by atoms with Crippen molar-refractivity contribution in [1.29, 1.82) is 0 Å². The van der Waals surface area contributed by atoms with E-state index in [9.17, 15) is 4.79 Å². The first-order valence-electron chi connectivity index (χ1n) is 8.24. The lowest BCUT2D eigenvalue weighted by atomic mass is 9.91. The Balaban J connectivity index is 1.94. The third-order valence-electron chi connectivity index (χ3n) is 3.93. The summed E-state index contributed by atoms with van der Waals surface area (Å²) in [7, 11) is 1.80. The van der Waals surface area contributed by atoms with E-state index in [1.807, 2.05) is 20.8 Å². The fourth-order valence-corrected chi connectivity index (χ4v) is 2.84. The molecule has 0 aromatic carbocycles. The number of amides is 1. The number of carbonyl (C=O) groups excluding carboxylic acids is 1. The highest BCUT2D eigenvalue weighted by Crippen LogP contribution is 2.20. The summed E-state index contributed by atoms with van der Waals surface area (Å²) >= 11 is 0. The van der Waals surface area contributed by atoms with Crippen LogP contribution in [0.1, 0.15) is 52.0 Å². The van der Waals surface area contributed by atoms with Gasteiger partial charge in [-0.25, -0.2) is 4.79 Å². The summed E-state index contributed by atoms with van der Waals surface area (Å²) in [6.45, 7) is 6.16. The monoisotopic (exact) mass is 323 g/mol. The van der Waals surface area contributed by atoms with Gasteiger partial charge in [0.2, 0.25) is 0 Å². The molecule has 130 valence electrons. The third kappa shape index (κ3) is 5.51. The molecule has 0 spiro atoms. The predicted molar refractivity (Wildman–Crippen MR) is 90.1 cm³/mol. The molecule has 0 aliphatic heterocycles. The van der Waals surface area contributed by atoms with E-state index in [1.54, 1.807) is 17.9 Å². The van der Waals surface area contributed by atoms with E-state index < -0.39 is 11.7 Å². The van der Waals surface area contributed by atoms with E-state index >= 15 is 0 Å². The maximum Gasteiger partial charge on any atom is 0.413 e. The van der Waals surface area contributed by atoms with Crippen LogP contribution in [0, 0.1) is 0 Å². The van der Waals surface area contributed by atoms with E-state index in [2.05, 4.69) is 15.7 Å². The molecule has 2 atom stereocenters. The number of aryl methyl sites for hydroxylation is 1. The van der Waals surface area contributed by atoms with Crippen molar-refractivity contribution in [2.75, 3.05) is 5.32 Å². The summed E-state index contributed by atoms with van der Waals surface area (Å²) in [6, 6.07) is 0.711. The Morgan fingerprint density at radius 3 is 2.87 bits per heavy atom. The maximum atomic E-state index is 12.0. The van der Waals surface area contributed by atoms with Crippen molar-refractivity contribution in [3.63, 3.8) is 0 Å². The molecule has 1 fully saturated rings. The number of aromatic nitrogens is 2. The Morgan fingerprint density at radius 2 is 2.22 bits per heavy atom. The molecule has 1 saturated carbocycles. The number of ether oxygens (including phenoxy) is 1. The first-order chi connectivity index (χ1) is 10.7. The molecule has 1 aromatic heterocycles. The van der Waals surface area contributed by atoms with Crippen LogP contribution in [0.3, 0.4) is 0 Å². The lowest BCUT2D eigenvalue weighted by molar-refractivity contribution is 0.0634. The lowest BCUT2D eigenvalue weighted by Crippen LogP contribution is -2.39. The fraction of sp³-hybridized carbons (Fsp3) is 0.750. The van der Waals surface area contributed by atoms with Crippen molar-refractivity contribution in [1.82, 2.24) is 15.1 Å². The summed E-state index contributed by atoms with van der Waals surface area (Å²) in [5.74, 6) is 0.659. The first kappa shape index (κ1) is 17.7. The van der Waals surface area contributed by atoms with Crippen LogP contribution >= 0.6 is 0 Å². The van der Waals surface area contributed by atoms with Crippen LogP contribution in [0.4, 0.5) is 10.6 Å². The second-order valence-corrected chi connectivity index (χ2v) is 7.27. The molecule has 1 aliphatic carbocycles. The SMILES string of the molecule is Cn1ncc(CNC2CCCC(N)C2)c1NC(=O)OC(C)(C)C. The zero-order valence-electron chi connectivity index (χ0n) is 14.6. The quantitative estimate of drug-likeness (QED) is 0.789. The van der Waals surface area contributed by atoms with Crippen molar-refractivity contribution in [2.24, 2.45) is 12.8 Å². The molecule has 0 saturated heterocycles. The molecular formula is C16H29N5O2. The largest absolute Gasteiger partial charge is 0.444 e. The van der Waals surface area contributed by atoms with Crippen molar-refractivity contribution in [3.05, 3.63) is 11.8 Å². The van der Waals surface area contributed by atoms with Crippen LogP contribution in [0.2, 0.25) is 0 Å². The molecule has 7 heteroatoms. The number of nitrogens with two attached hydrogens (primary N) is 1. The topological polar surface area (TPSA) is 94.2 Å². The zero-order chi connectivity index (χ0) is 17.0. The van der Waals surface area contributed by atoms with Crippen molar-refractivity contribution >= 4 is 11.9 Å². The first-order valence-corrected chi connectivity index (χ1v) is 8.24. The van der Waals surface area contributed by atoms with Crippen LogP contribution in [0.25, 0.3) is 0 Å². The number of hydrogen-bond acceptors (Lipinski definition) is 5. The minimum Gasteiger partial charge on any atom is -0.444 e. The normalized spacial score (nSPS) is 22.0. The van der Waals surface area contributed by atoms with Gasteiger partial charge >= 0.3 is 6.09 Å². The summed E-state index contributed by atoms with van der Waals surface area (Å²) in [6.07, 6.45) is 5.70. The second-order valence-electron chi connectivity index (χ2n) is 7.27. The van der Waals surface area contributed by atoms with Crippen LogP contribution in [-0.2, 0) is 18.3 Å². The number of carbonyl (C=O) groups is 1. The van der Waals surface area contributed by atoms with Gasteiger partial charge in [-0.05, 0) is 40.0 Å². The molecular weight excluding hydrogens is 294 g/mol. The minimum atomic E-state index is -0.528. The van der Waals surface area contributed by atoms with Crippen LogP contribution in [0.5, 0.6) is 0 Å². The van der Waals surface area contributed by atoms with Gasteiger partial charge in [-0.2, -0.15) is 5.10 Å². The van der Waals surface area contributed by atoms with Gasteiger partial charge in [0.05, 0.1) is 6.20 Å². The molecule has 1 amide bonds. The summed E-state index contributed by atoms with van der Waals surface area (Å²) < 4.78 is 6.95. The Hall–Kier alpha value is -1.60. The molecule has 23 heavy (non-hydrogen) atoms. The fourth-order valence-electron chi connectivity index (χ4n) is 2.84. The number of anilines is 1. The van der Waals surface area contributed by atoms with E-state index in [0.717, 1.165) is 31.2 Å². The van der Waals surface area contributed by atoms with Gasteiger partial charge in [-0.3, -0.25) is 10.00 Å². The minimum absolute atomic E-state index is 0.287. The second kappa shape index (κ2) is 7.31. The van der Waals surface area contributed by atoms with Crippen LogP contribution < -0.4 is 16.4 Å². The summed E-state index contributed by atoms with van der Waals surface area (Å²) in [4.78, 5) is 12.0. The molecule has 7 nitrogen and oxygen atoms in total. The van der Waals surface area contributed by atoms with E-state index in [4.69, 9.17) is 10.5 Å². The number of nitrogens with one attached hydrogen (secondary N) is 2. The van der Waals surface area contributed by atoms with E-state index in [-0.39, 0.29) is 6.04 Å². The molecule has 1 heterocycles. The van der Waals surface area contributed by atoms with Gasteiger partial charge in [0.25, 0.3) is 0 Å². The van der Waals surface area contributed by atoms with Crippen molar-refractivity contribution in [2.45, 2.75) is 70.7 Å². The van der Waals surface area contributed by atoms with Crippen molar-refractivity contribution in [3.8, 4) is 0 Å². The predicted octanol–water partition coefficient (Wildman–Crippen LogP) is 2.13. The lowest BCUT2D eigenvalue weighted by Gasteiger charge is -2.27. The highest BCUT2D eigenvalue weighted by Gasteiger charge is 2.21. The number of rotatable bonds is 4. The van der Waals surface area contributed by atoms with Gasteiger partial charge < -0.3 is 15.8 Å². The Labute approximate surface area is 137 Å². The maximum absolute atomic E-state index is 12.0. The molecule has 2 rings (SSSR count). The van der Waals surface area contributed by atoms with Gasteiger partial charge in [0.1, 0.15) is 11.4 Å². The Bertz CT molecular complexity index is 535. The third-order valence-corrected chi connectivity index (χ3v) is 3.93. The molecule has 2 unspecified atom stereocenters. The number of nitrogens with zero attached hydrogens (tertiary/aromatic N) is 2. The van der Waals surface area contributed by atoms with Gasteiger partial charge in [-0.1, -0.05) is 6.42 Å². The van der Waals surface area contributed by atoms with Gasteiger partial charge in [0, 0.05) is 31.2 Å². The Kier molecular flexibility index (Phi) is 5.64. The van der Waals surface area contributed by atoms with Crippen LogP contribution in [-0.4, -0.2) is 33.6 Å². The number of hydrogen-bond donors (Lipinski definition) is 3. The van der Waals surface area contributed by atoms with Gasteiger partial charge in [-0.15, -0.1) is 0 Å². The average Bonchev–Trinajstić information content (AvgIpc) is 2.76. The molecule has 1 aromatic rings. The van der Waals surface area contributed by atoms with E-state index in [0.29, 0.717) is 18.4 Å². The van der Waals surface area contributed by atoms with Gasteiger partial charge in [0.15, 0.2) is 0 Å². The molecule has 0 radical (unpaired) electrons. The molecule has 1 aliphatic rings. The highest BCUT2D eigenvalue weighted by atomic mass is 16.6. The zero-order valence-corrected chi connectivity index (χ0v) is 14.6. The van der Waals surface area contributed by atoms with E-state index in [1.165, 1.54) is 0 Å². The summed E-state index contributed by atoms with van der Waals surface area (Å²) in [5.41, 5.74) is 6.44. The van der Waals surface area contributed by atoms with Crippen molar-refractivity contribution < 1.29 is 9.53 Å². The Morgan fingerprint density at radius 1 is 1.48 bits per heavy atom. The van der Waals surface area contributed by atoms with Crippen LogP contribution in [0.15, 0.2) is 6.20 Å². The smallest absolute Gasteiger partial charge is 0.413 e.